The fourth-order valence-corrected chi connectivity index (χ4v) is 4.30. The molecule has 4 N–H and O–H groups in total. The number of nitrogens with zero attached hydrogens (tertiary/aromatic N) is 2. The van der Waals surface area contributed by atoms with Gasteiger partial charge < -0.3 is 10.8 Å². The van der Waals surface area contributed by atoms with Gasteiger partial charge in [-0.25, -0.2) is 13.4 Å². The van der Waals surface area contributed by atoms with Gasteiger partial charge in [0.2, 0.25) is 0 Å². The highest BCUT2D eigenvalue weighted by Gasteiger charge is 2.38. The van der Waals surface area contributed by atoms with Crippen LogP contribution in [0.1, 0.15) is 18.1 Å². The van der Waals surface area contributed by atoms with Crippen molar-refractivity contribution in [2.24, 2.45) is 5.73 Å². The molecule has 1 atom stereocenters. The Hall–Kier alpha value is -1.91. The molecule has 0 bridgehead atoms. The number of phenolic OH excluding ortho intramolecular Hbond substituents is 1. The summed E-state index contributed by atoms with van der Waals surface area (Å²) in [6, 6.07) is 1.29. The number of carbonyl (C=O) groups is 1. The predicted molar refractivity (Wildman–Crippen MR) is 85.1 cm³/mol. The third-order valence-electron chi connectivity index (χ3n) is 4.11. The Labute approximate surface area is 139 Å². The van der Waals surface area contributed by atoms with Crippen LogP contribution in [-0.4, -0.2) is 50.0 Å². The third kappa shape index (κ3) is 2.92. The maximum absolute atomic E-state index is 15.0. The van der Waals surface area contributed by atoms with Crippen LogP contribution in [0, 0.1) is 5.82 Å². The first-order valence-electron chi connectivity index (χ1n) is 7.53. The SMILES string of the molecule is C[C@H](N)CN1CCc2cc(O)c(N3CC(=O)NS3(=O)=O)c(F)c2C1. The van der Waals surface area contributed by atoms with E-state index in [0.29, 0.717) is 34.9 Å². The number of benzene rings is 1. The molecule has 2 heterocycles. The van der Waals surface area contributed by atoms with Gasteiger partial charge in [0.25, 0.3) is 5.91 Å². The third-order valence-corrected chi connectivity index (χ3v) is 5.49. The van der Waals surface area contributed by atoms with E-state index in [4.69, 9.17) is 5.73 Å². The summed E-state index contributed by atoms with van der Waals surface area (Å²) in [7, 11) is -4.19. The Balaban J connectivity index is 2.03. The number of aromatic hydroxyl groups is 1. The van der Waals surface area contributed by atoms with Crippen LogP contribution in [0.25, 0.3) is 0 Å². The lowest BCUT2D eigenvalue weighted by molar-refractivity contribution is -0.117. The molecule has 0 saturated carbocycles. The number of rotatable bonds is 3. The summed E-state index contributed by atoms with van der Waals surface area (Å²) in [5.74, 6) is -2.09. The molecule has 1 aromatic carbocycles. The van der Waals surface area contributed by atoms with Crippen molar-refractivity contribution in [2.75, 3.05) is 23.9 Å². The first-order valence-corrected chi connectivity index (χ1v) is 8.97. The summed E-state index contributed by atoms with van der Waals surface area (Å²) in [6.45, 7) is 2.81. The van der Waals surface area contributed by atoms with E-state index in [1.54, 1.807) is 4.72 Å². The summed E-state index contributed by atoms with van der Waals surface area (Å²) < 4.78 is 41.2. The molecular weight excluding hydrogens is 339 g/mol. The van der Waals surface area contributed by atoms with Crippen LogP contribution < -0.4 is 14.8 Å². The van der Waals surface area contributed by atoms with Crippen molar-refractivity contribution >= 4 is 21.8 Å². The predicted octanol–water partition coefficient (Wildman–Crippen LogP) is -0.582. The van der Waals surface area contributed by atoms with E-state index in [1.165, 1.54) is 6.07 Å². The molecule has 0 aliphatic carbocycles. The molecule has 2 aliphatic rings. The summed E-state index contributed by atoms with van der Waals surface area (Å²) in [4.78, 5) is 13.3. The molecule has 8 nitrogen and oxygen atoms in total. The Morgan fingerprint density at radius 2 is 2.17 bits per heavy atom. The summed E-state index contributed by atoms with van der Waals surface area (Å²) >= 11 is 0. The van der Waals surface area contributed by atoms with Crippen LogP contribution in [0.3, 0.4) is 0 Å². The fourth-order valence-electron chi connectivity index (χ4n) is 3.14. The maximum Gasteiger partial charge on any atom is 0.326 e. The minimum absolute atomic E-state index is 0.0769. The lowest BCUT2D eigenvalue weighted by atomic mass is 9.97. The number of nitrogens with two attached hydrogens (primary N) is 1. The molecule has 0 spiro atoms. The van der Waals surface area contributed by atoms with Crippen LogP contribution in [0.5, 0.6) is 5.75 Å². The van der Waals surface area contributed by atoms with E-state index < -0.39 is 39.9 Å². The van der Waals surface area contributed by atoms with Crippen molar-refractivity contribution < 1.29 is 22.7 Å². The van der Waals surface area contributed by atoms with Gasteiger partial charge in [0, 0.05) is 31.2 Å². The molecule has 1 aromatic rings. The van der Waals surface area contributed by atoms with E-state index >= 15 is 0 Å². The zero-order valence-electron chi connectivity index (χ0n) is 13.1. The number of halogens is 1. The van der Waals surface area contributed by atoms with Crippen LogP contribution in [0.4, 0.5) is 10.1 Å². The van der Waals surface area contributed by atoms with E-state index in [2.05, 4.69) is 0 Å². The van der Waals surface area contributed by atoms with E-state index in [1.807, 2.05) is 11.8 Å². The van der Waals surface area contributed by atoms with E-state index in [9.17, 15) is 22.7 Å². The van der Waals surface area contributed by atoms with Gasteiger partial charge in [-0.3, -0.25) is 9.69 Å². The van der Waals surface area contributed by atoms with Crippen molar-refractivity contribution in [1.29, 1.82) is 0 Å². The van der Waals surface area contributed by atoms with Gasteiger partial charge >= 0.3 is 10.2 Å². The molecule has 10 heteroatoms. The first-order chi connectivity index (χ1) is 11.2. The normalized spacial score (nSPS) is 21.5. The Kier molecular flexibility index (Phi) is 4.14. The van der Waals surface area contributed by atoms with Crippen LogP contribution in [0.2, 0.25) is 0 Å². The first kappa shape index (κ1) is 16.9. The number of hydrogen-bond donors (Lipinski definition) is 3. The monoisotopic (exact) mass is 358 g/mol. The number of fused-ring (bicyclic) bond motifs is 1. The largest absolute Gasteiger partial charge is 0.506 e. The second-order valence-electron chi connectivity index (χ2n) is 6.20. The highest BCUT2D eigenvalue weighted by Crippen LogP contribution is 2.38. The topological polar surface area (TPSA) is 116 Å². The lowest BCUT2D eigenvalue weighted by Crippen LogP contribution is -2.39. The zero-order valence-corrected chi connectivity index (χ0v) is 13.9. The summed E-state index contributed by atoms with van der Waals surface area (Å²) in [5.41, 5.74) is 6.24. The van der Waals surface area contributed by atoms with Crippen molar-refractivity contribution in [3.05, 3.63) is 23.0 Å². The quantitative estimate of drug-likeness (QED) is 0.666. The number of amides is 1. The molecule has 1 amide bonds. The molecule has 24 heavy (non-hydrogen) atoms. The zero-order chi connectivity index (χ0) is 17.6. The summed E-state index contributed by atoms with van der Waals surface area (Å²) in [5, 5.41) is 10.1. The molecule has 1 fully saturated rings. The molecule has 1 saturated heterocycles. The molecule has 3 rings (SSSR count). The fraction of sp³-hybridized carbons (Fsp3) is 0.500. The molecule has 0 radical (unpaired) electrons. The maximum atomic E-state index is 15.0. The Morgan fingerprint density at radius 3 is 2.75 bits per heavy atom. The van der Waals surface area contributed by atoms with Gasteiger partial charge in [0.05, 0.1) is 0 Å². The molecule has 0 unspecified atom stereocenters. The Morgan fingerprint density at radius 1 is 1.46 bits per heavy atom. The number of hydrogen-bond acceptors (Lipinski definition) is 6. The van der Waals surface area contributed by atoms with Crippen LogP contribution >= 0.6 is 0 Å². The highest BCUT2D eigenvalue weighted by atomic mass is 32.2. The smallest absolute Gasteiger partial charge is 0.326 e. The second kappa shape index (κ2) is 5.87. The number of carbonyl (C=O) groups excluding carboxylic acids is 1. The van der Waals surface area contributed by atoms with Crippen molar-refractivity contribution in [3.63, 3.8) is 0 Å². The summed E-state index contributed by atoms with van der Waals surface area (Å²) in [6.07, 6.45) is 0.525. The highest BCUT2D eigenvalue weighted by molar-refractivity contribution is 7.92. The molecule has 2 aliphatic heterocycles. The standard InChI is InChI=1S/C14H19FN4O4S/c1-8(16)5-18-3-2-9-4-11(20)14(13(15)10(9)6-18)19-7-12(21)17-24(19,22)23/h4,8,20H,2-3,5-7,16H2,1H3,(H,17,21)/t8-/m0/s1. The van der Waals surface area contributed by atoms with Gasteiger partial charge in [-0.2, -0.15) is 8.42 Å². The molecular formula is C14H19FN4O4S. The van der Waals surface area contributed by atoms with Crippen molar-refractivity contribution in [3.8, 4) is 5.75 Å². The Bertz CT molecular complexity index is 796. The molecule has 132 valence electrons. The van der Waals surface area contributed by atoms with Crippen LogP contribution in [0.15, 0.2) is 6.07 Å². The second-order valence-corrected chi connectivity index (χ2v) is 7.79. The van der Waals surface area contributed by atoms with Gasteiger partial charge in [-0.1, -0.05) is 0 Å². The van der Waals surface area contributed by atoms with Crippen molar-refractivity contribution in [1.82, 2.24) is 9.62 Å². The number of anilines is 1. The van der Waals surface area contributed by atoms with Gasteiger partial charge in [-0.15, -0.1) is 0 Å². The van der Waals surface area contributed by atoms with Crippen LogP contribution in [-0.2, 0) is 28.0 Å². The van der Waals surface area contributed by atoms with E-state index in [-0.39, 0.29) is 12.6 Å². The number of phenols is 1. The average molecular weight is 358 g/mol. The lowest BCUT2D eigenvalue weighted by Gasteiger charge is -2.31. The van der Waals surface area contributed by atoms with E-state index in [0.717, 1.165) is 0 Å². The minimum Gasteiger partial charge on any atom is -0.506 e. The van der Waals surface area contributed by atoms with Gasteiger partial charge in [-0.05, 0) is 25.0 Å². The average Bonchev–Trinajstić information content (AvgIpc) is 2.72. The van der Waals surface area contributed by atoms with Crippen molar-refractivity contribution in [2.45, 2.75) is 25.9 Å². The van der Waals surface area contributed by atoms with Gasteiger partial charge in [0.15, 0.2) is 5.82 Å². The van der Waals surface area contributed by atoms with Gasteiger partial charge in [0.1, 0.15) is 18.0 Å². The minimum atomic E-state index is -4.19. The molecule has 0 aromatic heterocycles. The number of nitrogens with one attached hydrogen (secondary N) is 1.